The number of nitrogens with one attached hydrogen (secondary N) is 1. The molecule has 0 fully saturated rings. The van der Waals surface area contributed by atoms with Crippen molar-refractivity contribution in [2.75, 3.05) is 13.1 Å². The number of rotatable bonds is 6. The highest BCUT2D eigenvalue weighted by Gasteiger charge is 2.16. The van der Waals surface area contributed by atoms with Gasteiger partial charge in [0.25, 0.3) is 0 Å². The third-order valence-corrected chi connectivity index (χ3v) is 4.20. The zero-order valence-electron chi connectivity index (χ0n) is 11.9. The summed E-state index contributed by atoms with van der Waals surface area (Å²) in [5.41, 5.74) is 2.02. The van der Waals surface area contributed by atoms with Crippen LogP contribution in [0.15, 0.2) is 42.5 Å². The van der Waals surface area contributed by atoms with E-state index in [1.165, 1.54) is 12.1 Å². The molecule has 1 atom stereocenters. The normalized spacial score (nSPS) is 12.4. The summed E-state index contributed by atoms with van der Waals surface area (Å²) >= 11 is 12.5. The molecule has 1 nitrogen and oxygen atoms in total. The number of halogens is 3. The van der Waals surface area contributed by atoms with Crippen LogP contribution in [0.5, 0.6) is 0 Å². The molecule has 4 heteroatoms. The van der Waals surface area contributed by atoms with Crippen LogP contribution in [0.1, 0.15) is 24.0 Å². The van der Waals surface area contributed by atoms with Crippen LogP contribution in [-0.2, 0) is 6.42 Å². The lowest BCUT2D eigenvalue weighted by Crippen LogP contribution is -2.23. The molecular formula is C17H18Cl2FN. The summed E-state index contributed by atoms with van der Waals surface area (Å²) in [6, 6.07) is 12.1. The van der Waals surface area contributed by atoms with Gasteiger partial charge < -0.3 is 5.32 Å². The fraction of sp³-hybridized carbons (Fsp3) is 0.294. The first-order valence-electron chi connectivity index (χ1n) is 7.01. The maximum absolute atomic E-state index is 13.1. The van der Waals surface area contributed by atoms with Crippen molar-refractivity contribution in [3.63, 3.8) is 0 Å². The number of likely N-dealkylation sites (N-methyl/N-ethyl adjacent to an activating group) is 1. The Hall–Kier alpha value is -1.09. The van der Waals surface area contributed by atoms with Gasteiger partial charge in [0, 0.05) is 22.5 Å². The molecule has 0 aliphatic rings. The van der Waals surface area contributed by atoms with Crippen LogP contribution >= 0.6 is 23.2 Å². The van der Waals surface area contributed by atoms with E-state index in [9.17, 15) is 4.39 Å². The molecule has 0 radical (unpaired) electrons. The van der Waals surface area contributed by atoms with E-state index in [4.69, 9.17) is 23.2 Å². The highest BCUT2D eigenvalue weighted by atomic mass is 35.5. The van der Waals surface area contributed by atoms with Crippen molar-refractivity contribution in [2.24, 2.45) is 0 Å². The second-order valence-electron chi connectivity index (χ2n) is 4.96. The maximum atomic E-state index is 13.1. The summed E-state index contributed by atoms with van der Waals surface area (Å²) in [6.45, 7) is 3.74. The van der Waals surface area contributed by atoms with E-state index in [0.717, 1.165) is 30.6 Å². The van der Waals surface area contributed by atoms with Gasteiger partial charge in [-0.1, -0.05) is 48.3 Å². The maximum Gasteiger partial charge on any atom is 0.123 e. The fourth-order valence-electron chi connectivity index (χ4n) is 2.34. The van der Waals surface area contributed by atoms with Crippen LogP contribution in [0.25, 0.3) is 0 Å². The Kier molecular flexibility index (Phi) is 6.04. The van der Waals surface area contributed by atoms with E-state index in [0.29, 0.717) is 10.0 Å². The van der Waals surface area contributed by atoms with E-state index >= 15 is 0 Å². The van der Waals surface area contributed by atoms with Gasteiger partial charge in [-0.15, -0.1) is 0 Å². The molecule has 0 aromatic heterocycles. The molecule has 0 spiro atoms. The molecule has 0 heterocycles. The zero-order chi connectivity index (χ0) is 15.2. The van der Waals surface area contributed by atoms with Gasteiger partial charge in [-0.25, -0.2) is 4.39 Å². The lowest BCUT2D eigenvalue weighted by Gasteiger charge is -2.19. The van der Waals surface area contributed by atoms with Crippen LogP contribution < -0.4 is 5.32 Å². The van der Waals surface area contributed by atoms with Gasteiger partial charge >= 0.3 is 0 Å². The molecule has 0 aliphatic heterocycles. The zero-order valence-corrected chi connectivity index (χ0v) is 13.4. The topological polar surface area (TPSA) is 12.0 Å². The first-order valence-corrected chi connectivity index (χ1v) is 7.76. The largest absolute Gasteiger partial charge is 0.316 e. The predicted molar refractivity (Wildman–Crippen MR) is 87.9 cm³/mol. The molecule has 1 unspecified atom stereocenters. The van der Waals surface area contributed by atoms with E-state index in [-0.39, 0.29) is 11.7 Å². The Morgan fingerprint density at radius 3 is 2.24 bits per heavy atom. The van der Waals surface area contributed by atoms with Crippen molar-refractivity contribution in [2.45, 2.75) is 19.3 Å². The summed E-state index contributed by atoms with van der Waals surface area (Å²) < 4.78 is 13.1. The molecule has 0 amide bonds. The first-order chi connectivity index (χ1) is 10.1. The summed E-state index contributed by atoms with van der Waals surface area (Å²) in [5.74, 6) is -0.0281. The van der Waals surface area contributed by atoms with Crippen LogP contribution in [0.2, 0.25) is 10.0 Å². The van der Waals surface area contributed by atoms with Gasteiger partial charge in [0.1, 0.15) is 5.82 Å². The summed E-state index contributed by atoms with van der Waals surface area (Å²) in [6.07, 6.45) is 0.719. The number of benzene rings is 2. The lowest BCUT2D eigenvalue weighted by molar-refractivity contribution is 0.590. The predicted octanol–water partition coefficient (Wildman–Crippen LogP) is 5.07. The highest BCUT2D eigenvalue weighted by molar-refractivity contribution is 6.36. The van der Waals surface area contributed by atoms with Crippen molar-refractivity contribution < 1.29 is 4.39 Å². The lowest BCUT2D eigenvalue weighted by atomic mass is 9.91. The second-order valence-corrected chi connectivity index (χ2v) is 5.77. The molecule has 0 bridgehead atoms. The highest BCUT2D eigenvalue weighted by Crippen LogP contribution is 2.30. The molecule has 1 N–H and O–H groups in total. The average Bonchev–Trinajstić information content (AvgIpc) is 2.47. The van der Waals surface area contributed by atoms with Crippen LogP contribution in [-0.4, -0.2) is 13.1 Å². The summed E-state index contributed by atoms with van der Waals surface area (Å²) in [4.78, 5) is 0. The molecule has 21 heavy (non-hydrogen) atoms. The van der Waals surface area contributed by atoms with Gasteiger partial charge in [0.05, 0.1) is 0 Å². The summed E-state index contributed by atoms with van der Waals surface area (Å²) in [5, 5.41) is 4.69. The van der Waals surface area contributed by atoms with Crippen LogP contribution in [0.3, 0.4) is 0 Å². The van der Waals surface area contributed by atoms with Gasteiger partial charge in [0.2, 0.25) is 0 Å². The Bertz CT molecular complexity index is 564. The average molecular weight is 326 g/mol. The Balaban J connectivity index is 2.26. The monoisotopic (exact) mass is 325 g/mol. The Labute approximate surface area is 135 Å². The van der Waals surface area contributed by atoms with E-state index < -0.39 is 0 Å². The molecule has 2 aromatic rings. The van der Waals surface area contributed by atoms with Crippen LogP contribution in [0.4, 0.5) is 4.39 Å². The minimum atomic E-state index is -0.225. The Morgan fingerprint density at radius 1 is 1.05 bits per heavy atom. The van der Waals surface area contributed by atoms with Gasteiger partial charge in [0.15, 0.2) is 0 Å². The first kappa shape index (κ1) is 16.3. The smallest absolute Gasteiger partial charge is 0.123 e. The number of hydrogen-bond donors (Lipinski definition) is 1. The van der Waals surface area contributed by atoms with Crippen molar-refractivity contribution >= 4 is 23.2 Å². The molecule has 0 saturated heterocycles. The van der Waals surface area contributed by atoms with Gasteiger partial charge in [-0.2, -0.15) is 0 Å². The molecule has 2 aromatic carbocycles. The standard InChI is InChI=1S/C17H18Cl2FN/c1-2-21-11-13(12-6-8-14(20)9-7-12)10-15-16(18)4-3-5-17(15)19/h3-9,13,21H,2,10-11H2,1H3. The van der Waals surface area contributed by atoms with Crippen LogP contribution in [0, 0.1) is 5.82 Å². The quantitative estimate of drug-likeness (QED) is 0.782. The minimum Gasteiger partial charge on any atom is -0.316 e. The summed E-state index contributed by atoms with van der Waals surface area (Å²) in [7, 11) is 0. The number of hydrogen-bond acceptors (Lipinski definition) is 1. The SMILES string of the molecule is CCNCC(Cc1c(Cl)cccc1Cl)c1ccc(F)cc1. The molecule has 2 rings (SSSR count). The van der Waals surface area contributed by atoms with E-state index in [1.54, 1.807) is 0 Å². The van der Waals surface area contributed by atoms with Gasteiger partial charge in [-0.05, 0) is 48.4 Å². The van der Waals surface area contributed by atoms with Crippen molar-refractivity contribution in [1.29, 1.82) is 0 Å². The second kappa shape index (κ2) is 7.79. The van der Waals surface area contributed by atoms with Crippen molar-refractivity contribution in [3.05, 3.63) is 69.5 Å². The van der Waals surface area contributed by atoms with Gasteiger partial charge in [-0.3, -0.25) is 0 Å². The third kappa shape index (κ3) is 4.44. The molecular weight excluding hydrogens is 308 g/mol. The van der Waals surface area contributed by atoms with Crippen molar-refractivity contribution in [3.8, 4) is 0 Å². The fourth-order valence-corrected chi connectivity index (χ4v) is 2.89. The van der Waals surface area contributed by atoms with E-state index in [2.05, 4.69) is 12.2 Å². The van der Waals surface area contributed by atoms with Crippen molar-refractivity contribution in [1.82, 2.24) is 5.32 Å². The molecule has 0 saturated carbocycles. The molecule has 0 aliphatic carbocycles. The third-order valence-electron chi connectivity index (χ3n) is 3.49. The molecule has 112 valence electrons. The minimum absolute atomic E-state index is 0.197. The van der Waals surface area contributed by atoms with E-state index in [1.807, 2.05) is 30.3 Å². The Morgan fingerprint density at radius 2 is 1.67 bits per heavy atom.